The van der Waals surface area contributed by atoms with Crippen molar-refractivity contribution in [2.45, 2.75) is 103 Å². The van der Waals surface area contributed by atoms with E-state index in [1.165, 1.54) is 18.4 Å². The molecule has 224 valence electrons. The summed E-state index contributed by atoms with van der Waals surface area (Å²) in [5.41, 5.74) is -0.545. The van der Waals surface area contributed by atoms with Gasteiger partial charge in [0.05, 0.1) is 12.5 Å². The lowest BCUT2D eigenvalue weighted by atomic mass is 9.46. The first-order valence-electron chi connectivity index (χ1n) is 15.5. The van der Waals surface area contributed by atoms with Gasteiger partial charge < -0.3 is 20.3 Å². The highest BCUT2D eigenvalue weighted by Crippen LogP contribution is 2.67. The number of aliphatic hydroxyl groups excluding tert-OH is 1. The van der Waals surface area contributed by atoms with Crippen LogP contribution in [0.25, 0.3) is 0 Å². The number of aliphatic hydroxyl groups is 2. The van der Waals surface area contributed by atoms with Gasteiger partial charge in [-0.3, -0.25) is 19.2 Å². The Morgan fingerprint density at radius 3 is 2.68 bits per heavy atom. The van der Waals surface area contributed by atoms with Gasteiger partial charge in [0.25, 0.3) is 0 Å². The van der Waals surface area contributed by atoms with Crippen molar-refractivity contribution in [3.8, 4) is 0 Å². The summed E-state index contributed by atoms with van der Waals surface area (Å²) in [6.07, 6.45) is 14.7. The zero-order chi connectivity index (χ0) is 29.4. The van der Waals surface area contributed by atoms with E-state index in [0.29, 0.717) is 13.0 Å². The van der Waals surface area contributed by atoms with Gasteiger partial charge >= 0.3 is 5.97 Å². The Morgan fingerprint density at radius 1 is 1.12 bits per heavy atom. The standard InChI is InChI=1S/C33H45NO7/c1-31-15-12-23(35)18-22(31)8-9-24-25-13-16-33(40,32(25,2)19-26(36)30(24)31)27(37)20-41-29(39)11-10-28(38)34-17-14-21-6-4-3-5-7-21/h6,12,15,18,24-26,30,36,40H,3-5,7-11,13-14,16-17,19-20H2,1-2H3,(H,34,38)/t24-,25-,26-,30+,31-,32+,33-/m0/s1. The number of fused-ring (bicyclic) bond motifs is 5. The number of carbonyl (C=O) groups is 4. The number of nitrogens with one attached hydrogen (secondary N) is 1. The van der Waals surface area contributed by atoms with Gasteiger partial charge in [0, 0.05) is 29.7 Å². The first-order chi connectivity index (χ1) is 19.5. The Balaban J connectivity index is 1.14. The maximum Gasteiger partial charge on any atom is 0.306 e. The molecule has 0 aromatic heterocycles. The van der Waals surface area contributed by atoms with E-state index in [-0.39, 0.29) is 55.1 Å². The van der Waals surface area contributed by atoms with Crippen LogP contribution in [0.3, 0.4) is 0 Å². The summed E-state index contributed by atoms with van der Waals surface area (Å²) in [4.78, 5) is 50.0. The van der Waals surface area contributed by atoms with Crippen LogP contribution >= 0.6 is 0 Å². The molecule has 5 aliphatic carbocycles. The number of ether oxygens (including phenoxy) is 1. The Morgan fingerprint density at radius 2 is 1.93 bits per heavy atom. The van der Waals surface area contributed by atoms with E-state index in [1.54, 1.807) is 12.2 Å². The summed E-state index contributed by atoms with van der Waals surface area (Å²) in [6, 6.07) is 0. The molecular weight excluding hydrogens is 522 g/mol. The van der Waals surface area contributed by atoms with Crippen molar-refractivity contribution in [1.82, 2.24) is 5.32 Å². The second kappa shape index (κ2) is 11.6. The molecule has 0 bridgehead atoms. The largest absolute Gasteiger partial charge is 0.458 e. The maximum atomic E-state index is 13.4. The fraction of sp³-hybridized carbons (Fsp3) is 0.697. The molecular formula is C33H45NO7. The number of Topliss-reactive ketones (excluding diaryl/α,β-unsaturated/α-hetero) is 1. The summed E-state index contributed by atoms with van der Waals surface area (Å²) in [6.45, 7) is 3.98. The number of allylic oxidation sites excluding steroid dienone is 5. The number of rotatable bonds is 9. The normalized spacial score (nSPS) is 37.7. The molecule has 0 aromatic rings. The predicted octanol–water partition coefficient (Wildman–Crippen LogP) is 3.90. The van der Waals surface area contributed by atoms with Crippen molar-refractivity contribution in [3.05, 3.63) is 35.5 Å². The minimum Gasteiger partial charge on any atom is -0.458 e. The number of carbonyl (C=O) groups excluding carboxylic acids is 4. The summed E-state index contributed by atoms with van der Waals surface area (Å²) < 4.78 is 5.24. The van der Waals surface area contributed by atoms with Crippen LogP contribution in [0.15, 0.2) is 35.5 Å². The van der Waals surface area contributed by atoms with Crippen molar-refractivity contribution in [2.75, 3.05) is 13.2 Å². The number of hydrogen-bond donors (Lipinski definition) is 3. The quantitative estimate of drug-likeness (QED) is 0.285. The van der Waals surface area contributed by atoms with Crippen LogP contribution in [0.1, 0.15) is 90.9 Å². The van der Waals surface area contributed by atoms with Crippen LogP contribution < -0.4 is 5.32 Å². The number of hydrogen-bond acceptors (Lipinski definition) is 7. The molecule has 5 aliphatic rings. The molecule has 0 heterocycles. The molecule has 0 unspecified atom stereocenters. The molecule has 0 aliphatic heterocycles. The summed E-state index contributed by atoms with van der Waals surface area (Å²) >= 11 is 0. The van der Waals surface area contributed by atoms with Crippen LogP contribution in [-0.2, 0) is 23.9 Å². The van der Waals surface area contributed by atoms with Gasteiger partial charge in [-0.2, -0.15) is 0 Å². The molecule has 1 amide bonds. The molecule has 3 saturated carbocycles. The number of amides is 1. The Labute approximate surface area is 242 Å². The van der Waals surface area contributed by atoms with Crippen molar-refractivity contribution in [2.24, 2.45) is 28.6 Å². The van der Waals surface area contributed by atoms with Gasteiger partial charge in [0.15, 0.2) is 12.4 Å². The van der Waals surface area contributed by atoms with Crippen LogP contribution in [-0.4, -0.2) is 58.5 Å². The highest BCUT2D eigenvalue weighted by atomic mass is 16.5. The molecule has 0 saturated heterocycles. The highest BCUT2D eigenvalue weighted by molar-refractivity contribution is 6.01. The average molecular weight is 568 g/mol. The second-order valence-electron chi connectivity index (χ2n) is 13.4. The minimum atomic E-state index is -1.70. The zero-order valence-corrected chi connectivity index (χ0v) is 24.5. The lowest BCUT2D eigenvalue weighted by Crippen LogP contribution is -2.61. The van der Waals surface area contributed by atoms with Crippen molar-refractivity contribution in [3.63, 3.8) is 0 Å². The lowest BCUT2D eigenvalue weighted by molar-refractivity contribution is -0.181. The molecule has 0 radical (unpaired) electrons. The molecule has 0 aromatic carbocycles. The van der Waals surface area contributed by atoms with E-state index in [1.807, 2.05) is 13.0 Å². The van der Waals surface area contributed by atoms with Crippen molar-refractivity contribution in [1.29, 1.82) is 0 Å². The molecule has 3 fully saturated rings. The van der Waals surface area contributed by atoms with Crippen molar-refractivity contribution >= 4 is 23.4 Å². The predicted molar refractivity (Wildman–Crippen MR) is 152 cm³/mol. The Hall–Kier alpha value is -2.58. The summed E-state index contributed by atoms with van der Waals surface area (Å²) in [5, 5.41) is 26.1. The first-order valence-corrected chi connectivity index (χ1v) is 15.5. The average Bonchev–Trinajstić information content (AvgIpc) is 3.22. The second-order valence-corrected chi connectivity index (χ2v) is 13.4. The van der Waals surface area contributed by atoms with Crippen LogP contribution in [0, 0.1) is 28.6 Å². The molecule has 5 rings (SSSR count). The van der Waals surface area contributed by atoms with Gasteiger partial charge in [-0.15, -0.1) is 0 Å². The minimum absolute atomic E-state index is 0.0133. The fourth-order valence-electron chi connectivity index (χ4n) is 8.92. The summed E-state index contributed by atoms with van der Waals surface area (Å²) in [7, 11) is 0. The van der Waals surface area contributed by atoms with E-state index in [9.17, 15) is 29.4 Å². The molecule has 8 heteroatoms. The van der Waals surface area contributed by atoms with Gasteiger partial charge in [-0.1, -0.05) is 37.1 Å². The smallest absolute Gasteiger partial charge is 0.306 e. The third kappa shape index (κ3) is 5.50. The SMILES string of the molecule is C[C@]12C=CC(=O)C=C1CC[C@@H]1[C@@H]2[C@@H](O)C[C@]2(C)[C@H]1CC[C@]2(O)C(=O)COC(=O)CCC(=O)NCCC1=CCCCC1. The first kappa shape index (κ1) is 29.9. The van der Waals surface area contributed by atoms with E-state index >= 15 is 0 Å². The molecule has 41 heavy (non-hydrogen) atoms. The highest BCUT2D eigenvalue weighted by Gasteiger charge is 2.68. The van der Waals surface area contributed by atoms with Gasteiger partial charge in [0.1, 0.15) is 5.60 Å². The van der Waals surface area contributed by atoms with E-state index in [2.05, 4.69) is 18.3 Å². The molecule has 3 N–H and O–H groups in total. The van der Waals surface area contributed by atoms with E-state index < -0.39 is 40.9 Å². The molecule has 0 spiro atoms. The number of esters is 1. The van der Waals surface area contributed by atoms with Gasteiger partial charge in [-0.05, 0) is 88.2 Å². The molecule has 7 atom stereocenters. The third-order valence-corrected chi connectivity index (χ3v) is 11.2. The van der Waals surface area contributed by atoms with E-state index in [0.717, 1.165) is 37.7 Å². The van der Waals surface area contributed by atoms with Crippen LogP contribution in [0.4, 0.5) is 0 Å². The Bertz CT molecular complexity index is 1190. The van der Waals surface area contributed by atoms with Crippen LogP contribution in [0.5, 0.6) is 0 Å². The van der Waals surface area contributed by atoms with E-state index in [4.69, 9.17) is 4.74 Å². The lowest BCUT2D eigenvalue weighted by Gasteiger charge is -2.59. The van der Waals surface area contributed by atoms with Crippen molar-refractivity contribution < 1.29 is 34.1 Å². The topological polar surface area (TPSA) is 130 Å². The monoisotopic (exact) mass is 567 g/mol. The van der Waals surface area contributed by atoms with Gasteiger partial charge in [0.2, 0.25) is 11.7 Å². The fourth-order valence-corrected chi connectivity index (χ4v) is 8.92. The number of ketones is 2. The molecule has 8 nitrogen and oxygen atoms in total. The zero-order valence-electron chi connectivity index (χ0n) is 24.5. The van der Waals surface area contributed by atoms with Gasteiger partial charge in [-0.25, -0.2) is 0 Å². The van der Waals surface area contributed by atoms with Crippen LogP contribution in [0.2, 0.25) is 0 Å². The summed E-state index contributed by atoms with van der Waals surface area (Å²) in [5.74, 6) is -1.40. The third-order valence-electron chi connectivity index (χ3n) is 11.2. The maximum absolute atomic E-state index is 13.4. The Kier molecular flexibility index (Phi) is 8.46.